The number of benzene rings is 1. The highest BCUT2D eigenvalue weighted by Crippen LogP contribution is 2.21. The summed E-state index contributed by atoms with van der Waals surface area (Å²) in [5.41, 5.74) is 9.10. The highest BCUT2D eigenvalue weighted by Gasteiger charge is 2.11. The van der Waals surface area contributed by atoms with Crippen LogP contribution in [-0.2, 0) is 6.54 Å². The van der Waals surface area contributed by atoms with Gasteiger partial charge in [-0.2, -0.15) is 0 Å². The van der Waals surface area contributed by atoms with Gasteiger partial charge < -0.3 is 5.73 Å². The molecule has 0 fully saturated rings. The van der Waals surface area contributed by atoms with Crippen LogP contribution < -0.4 is 5.73 Å². The molecule has 0 spiro atoms. The molecule has 3 aromatic rings. The van der Waals surface area contributed by atoms with Crippen LogP contribution in [-0.4, -0.2) is 14.5 Å². The molecule has 2 aromatic heterocycles. The van der Waals surface area contributed by atoms with Gasteiger partial charge in [-0.1, -0.05) is 17.7 Å². The number of imidazole rings is 1. The fourth-order valence-corrected chi connectivity index (χ4v) is 2.29. The van der Waals surface area contributed by atoms with Crippen molar-refractivity contribution in [2.45, 2.75) is 13.5 Å². The first-order valence-corrected chi connectivity index (χ1v) is 6.45. The fraction of sp³-hybridized carbons (Fsp3) is 0.143. The predicted molar refractivity (Wildman–Crippen MR) is 77.2 cm³/mol. The van der Waals surface area contributed by atoms with E-state index in [1.54, 1.807) is 16.7 Å². The molecular formula is C14H12ClFN4. The first-order valence-electron chi connectivity index (χ1n) is 6.08. The van der Waals surface area contributed by atoms with Gasteiger partial charge in [-0.25, -0.2) is 14.4 Å². The van der Waals surface area contributed by atoms with E-state index >= 15 is 0 Å². The minimum Gasteiger partial charge on any atom is -0.369 e. The quantitative estimate of drug-likeness (QED) is 0.789. The molecule has 0 aliphatic heterocycles. The lowest BCUT2D eigenvalue weighted by Crippen LogP contribution is -2.05. The maximum absolute atomic E-state index is 13.2. The molecule has 6 heteroatoms. The van der Waals surface area contributed by atoms with Gasteiger partial charge in [0.2, 0.25) is 5.95 Å². The van der Waals surface area contributed by atoms with Crippen LogP contribution in [0.3, 0.4) is 0 Å². The number of pyridine rings is 1. The number of fused-ring (bicyclic) bond motifs is 1. The normalized spacial score (nSPS) is 11.2. The van der Waals surface area contributed by atoms with Gasteiger partial charge in [0.15, 0.2) is 5.65 Å². The maximum atomic E-state index is 13.2. The van der Waals surface area contributed by atoms with Crippen molar-refractivity contribution in [3.8, 4) is 0 Å². The number of aromatic nitrogens is 3. The SMILES string of the molecule is Cc1ccc2nc(N)n(Cc3ccc(F)c(Cl)c3)c2n1. The number of nitrogen functional groups attached to an aromatic ring is 1. The van der Waals surface area contributed by atoms with Crippen LogP contribution in [0.25, 0.3) is 11.2 Å². The van der Waals surface area contributed by atoms with Crippen LogP contribution in [0.5, 0.6) is 0 Å². The molecular weight excluding hydrogens is 279 g/mol. The van der Waals surface area contributed by atoms with E-state index in [4.69, 9.17) is 17.3 Å². The molecule has 0 radical (unpaired) electrons. The summed E-state index contributed by atoms with van der Waals surface area (Å²) in [5.74, 6) is -0.0635. The van der Waals surface area contributed by atoms with E-state index in [1.165, 1.54) is 6.07 Å². The number of nitrogens with zero attached hydrogens (tertiary/aromatic N) is 3. The van der Waals surface area contributed by atoms with Gasteiger partial charge in [-0.3, -0.25) is 4.57 Å². The number of rotatable bonds is 2. The Kier molecular flexibility index (Phi) is 3.06. The summed E-state index contributed by atoms with van der Waals surface area (Å²) >= 11 is 5.79. The molecule has 0 aliphatic rings. The van der Waals surface area contributed by atoms with Crippen molar-refractivity contribution in [3.63, 3.8) is 0 Å². The van der Waals surface area contributed by atoms with Gasteiger partial charge in [-0.05, 0) is 36.8 Å². The second-order valence-corrected chi connectivity index (χ2v) is 5.01. The Morgan fingerprint density at radius 2 is 2.05 bits per heavy atom. The summed E-state index contributed by atoms with van der Waals surface area (Å²) in [6.45, 7) is 2.35. The fourth-order valence-electron chi connectivity index (χ4n) is 2.09. The van der Waals surface area contributed by atoms with Crippen LogP contribution >= 0.6 is 11.6 Å². The summed E-state index contributed by atoms with van der Waals surface area (Å²) in [6, 6.07) is 8.35. The Balaban J connectivity index is 2.07. The molecule has 4 nitrogen and oxygen atoms in total. The van der Waals surface area contributed by atoms with Crippen LogP contribution in [0, 0.1) is 12.7 Å². The van der Waals surface area contributed by atoms with Crippen molar-refractivity contribution in [2.75, 3.05) is 5.73 Å². The van der Waals surface area contributed by atoms with E-state index in [9.17, 15) is 4.39 Å². The van der Waals surface area contributed by atoms with Gasteiger partial charge >= 0.3 is 0 Å². The minimum absolute atomic E-state index is 0.0923. The zero-order chi connectivity index (χ0) is 14.3. The summed E-state index contributed by atoms with van der Waals surface area (Å²) in [4.78, 5) is 8.71. The average Bonchev–Trinajstić information content (AvgIpc) is 2.70. The monoisotopic (exact) mass is 290 g/mol. The van der Waals surface area contributed by atoms with Crippen LogP contribution in [0.15, 0.2) is 30.3 Å². The topological polar surface area (TPSA) is 56.7 Å². The van der Waals surface area contributed by atoms with E-state index in [0.29, 0.717) is 18.1 Å². The number of hydrogen-bond acceptors (Lipinski definition) is 3. The van der Waals surface area contributed by atoms with Gasteiger partial charge in [-0.15, -0.1) is 0 Å². The van der Waals surface area contributed by atoms with Crippen molar-refractivity contribution < 1.29 is 4.39 Å². The van der Waals surface area contributed by atoms with Crippen molar-refractivity contribution in [3.05, 3.63) is 52.4 Å². The largest absolute Gasteiger partial charge is 0.369 e. The molecule has 3 rings (SSSR count). The van der Waals surface area contributed by atoms with E-state index in [0.717, 1.165) is 16.8 Å². The molecule has 0 saturated carbocycles. The Morgan fingerprint density at radius 1 is 1.25 bits per heavy atom. The van der Waals surface area contributed by atoms with Crippen molar-refractivity contribution in [2.24, 2.45) is 0 Å². The van der Waals surface area contributed by atoms with Crippen molar-refractivity contribution in [1.29, 1.82) is 0 Å². The first kappa shape index (κ1) is 12.9. The maximum Gasteiger partial charge on any atom is 0.202 e. The molecule has 0 unspecified atom stereocenters. The average molecular weight is 291 g/mol. The highest BCUT2D eigenvalue weighted by molar-refractivity contribution is 6.30. The third-order valence-electron chi connectivity index (χ3n) is 3.09. The number of halogens is 2. The van der Waals surface area contributed by atoms with Crippen LogP contribution in [0.1, 0.15) is 11.3 Å². The lowest BCUT2D eigenvalue weighted by molar-refractivity contribution is 0.627. The third kappa shape index (κ3) is 2.20. The van der Waals surface area contributed by atoms with Crippen LogP contribution in [0.4, 0.5) is 10.3 Å². The first-order chi connectivity index (χ1) is 9.54. The predicted octanol–water partition coefficient (Wildman–Crippen LogP) is 3.16. The van der Waals surface area contributed by atoms with Gasteiger partial charge in [0.1, 0.15) is 11.3 Å². The molecule has 0 aliphatic carbocycles. The molecule has 1 aromatic carbocycles. The van der Waals surface area contributed by atoms with E-state index in [2.05, 4.69) is 9.97 Å². The van der Waals surface area contributed by atoms with Gasteiger partial charge in [0.05, 0.1) is 11.6 Å². The molecule has 102 valence electrons. The number of anilines is 1. The number of hydrogen-bond donors (Lipinski definition) is 1. The molecule has 20 heavy (non-hydrogen) atoms. The second kappa shape index (κ2) is 4.76. The summed E-state index contributed by atoms with van der Waals surface area (Å²) < 4.78 is 15.0. The second-order valence-electron chi connectivity index (χ2n) is 4.60. The van der Waals surface area contributed by atoms with Gasteiger partial charge in [0.25, 0.3) is 0 Å². The van der Waals surface area contributed by atoms with Crippen molar-refractivity contribution >= 4 is 28.7 Å². The third-order valence-corrected chi connectivity index (χ3v) is 3.38. The van der Waals surface area contributed by atoms with E-state index < -0.39 is 5.82 Å². The molecule has 0 saturated heterocycles. The Hall–Kier alpha value is -2.14. The Labute approximate surface area is 120 Å². The van der Waals surface area contributed by atoms with Gasteiger partial charge in [0, 0.05) is 5.69 Å². The molecule has 0 amide bonds. The Morgan fingerprint density at radius 3 is 2.80 bits per heavy atom. The molecule has 2 N–H and O–H groups in total. The minimum atomic E-state index is -0.437. The molecule has 0 atom stereocenters. The lowest BCUT2D eigenvalue weighted by Gasteiger charge is -2.07. The smallest absolute Gasteiger partial charge is 0.202 e. The number of aryl methyl sites for hydroxylation is 1. The zero-order valence-electron chi connectivity index (χ0n) is 10.8. The zero-order valence-corrected chi connectivity index (χ0v) is 11.5. The number of nitrogens with two attached hydrogens (primary N) is 1. The van der Waals surface area contributed by atoms with E-state index in [-0.39, 0.29) is 5.02 Å². The standard InChI is InChI=1S/C14H12ClFN4/c1-8-2-5-12-13(18-8)20(14(17)19-12)7-9-3-4-11(16)10(15)6-9/h2-6H,7H2,1H3,(H2,17,19). The Bertz CT molecular complexity index is 797. The molecule has 0 bridgehead atoms. The highest BCUT2D eigenvalue weighted by atomic mass is 35.5. The lowest BCUT2D eigenvalue weighted by atomic mass is 10.2. The van der Waals surface area contributed by atoms with Crippen molar-refractivity contribution in [1.82, 2.24) is 14.5 Å². The summed E-state index contributed by atoms with van der Waals surface area (Å²) in [7, 11) is 0. The molecule has 2 heterocycles. The van der Waals surface area contributed by atoms with E-state index in [1.807, 2.05) is 19.1 Å². The summed E-state index contributed by atoms with van der Waals surface area (Å²) in [6.07, 6.45) is 0. The summed E-state index contributed by atoms with van der Waals surface area (Å²) in [5, 5.41) is 0.0923. The van der Waals surface area contributed by atoms with Crippen LogP contribution in [0.2, 0.25) is 5.02 Å².